The summed E-state index contributed by atoms with van der Waals surface area (Å²) in [6, 6.07) is 7.55. The molecule has 0 aliphatic carbocycles. The van der Waals surface area contributed by atoms with Crippen molar-refractivity contribution in [3.05, 3.63) is 34.7 Å². The second kappa shape index (κ2) is 5.78. The topological polar surface area (TPSA) is 59.5 Å². The highest BCUT2D eigenvalue weighted by Crippen LogP contribution is 2.27. The molecular formula is C15H20N2O2. The van der Waals surface area contributed by atoms with Gasteiger partial charge in [0.25, 0.3) is 0 Å². The third-order valence-corrected chi connectivity index (χ3v) is 3.09. The van der Waals surface area contributed by atoms with Gasteiger partial charge in [-0.3, -0.25) is 0 Å². The maximum Gasteiger partial charge on any atom is 0.359 e. The molecule has 0 saturated heterocycles. The number of rotatable bonds is 5. The Morgan fingerprint density at radius 3 is 2.53 bits per heavy atom. The third-order valence-electron chi connectivity index (χ3n) is 3.09. The van der Waals surface area contributed by atoms with Crippen molar-refractivity contribution in [2.45, 2.75) is 26.7 Å². The number of benzene rings is 1. The summed E-state index contributed by atoms with van der Waals surface area (Å²) < 4.78 is 5.37. The maximum absolute atomic E-state index is 11.6. The Bertz CT molecular complexity index is 613. The first-order valence-electron chi connectivity index (χ1n) is 6.74. The van der Waals surface area contributed by atoms with Gasteiger partial charge >= 0.3 is 5.63 Å². The molecule has 0 atom stereocenters. The van der Waals surface area contributed by atoms with Crippen LogP contribution in [0.3, 0.4) is 0 Å². The lowest BCUT2D eigenvalue weighted by Gasteiger charge is -2.24. The van der Waals surface area contributed by atoms with Crippen molar-refractivity contribution in [3.63, 3.8) is 0 Å². The largest absolute Gasteiger partial charge is 0.419 e. The first-order chi connectivity index (χ1) is 9.17. The van der Waals surface area contributed by atoms with Crippen LogP contribution in [0.1, 0.15) is 26.7 Å². The molecule has 4 heteroatoms. The van der Waals surface area contributed by atoms with Crippen LogP contribution in [0, 0.1) is 0 Å². The van der Waals surface area contributed by atoms with Crippen molar-refractivity contribution >= 4 is 22.3 Å². The zero-order valence-corrected chi connectivity index (χ0v) is 11.5. The van der Waals surface area contributed by atoms with E-state index in [1.807, 2.05) is 18.2 Å². The van der Waals surface area contributed by atoms with E-state index >= 15 is 0 Å². The highest BCUT2D eigenvalue weighted by molar-refractivity contribution is 5.90. The molecule has 102 valence electrons. The fourth-order valence-electron chi connectivity index (χ4n) is 2.29. The predicted molar refractivity (Wildman–Crippen MR) is 79.7 cm³/mol. The Labute approximate surface area is 112 Å². The van der Waals surface area contributed by atoms with Gasteiger partial charge in [-0.1, -0.05) is 26.0 Å². The number of anilines is 2. The number of para-hydroxylation sites is 1. The zero-order valence-electron chi connectivity index (χ0n) is 11.5. The van der Waals surface area contributed by atoms with Crippen LogP contribution in [0.4, 0.5) is 11.4 Å². The molecule has 0 unspecified atom stereocenters. The van der Waals surface area contributed by atoms with Gasteiger partial charge in [-0.05, 0) is 25.0 Å². The Morgan fingerprint density at radius 2 is 1.89 bits per heavy atom. The van der Waals surface area contributed by atoms with Crippen molar-refractivity contribution in [2.24, 2.45) is 0 Å². The zero-order chi connectivity index (χ0) is 13.8. The average molecular weight is 260 g/mol. The van der Waals surface area contributed by atoms with Gasteiger partial charge in [0.2, 0.25) is 0 Å². The van der Waals surface area contributed by atoms with Gasteiger partial charge in [-0.25, -0.2) is 4.79 Å². The quantitative estimate of drug-likeness (QED) is 0.839. The number of nitrogen functional groups attached to an aromatic ring is 1. The van der Waals surface area contributed by atoms with Crippen LogP contribution in [-0.4, -0.2) is 13.1 Å². The van der Waals surface area contributed by atoms with Crippen LogP contribution >= 0.6 is 0 Å². The summed E-state index contributed by atoms with van der Waals surface area (Å²) in [5, 5.41) is 0.867. The van der Waals surface area contributed by atoms with Crippen LogP contribution in [0.2, 0.25) is 0 Å². The van der Waals surface area contributed by atoms with Gasteiger partial charge in [0.05, 0.1) is 5.69 Å². The van der Waals surface area contributed by atoms with E-state index < -0.39 is 5.63 Å². The van der Waals surface area contributed by atoms with Gasteiger partial charge in [0.15, 0.2) is 5.58 Å². The van der Waals surface area contributed by atoms with E-state index in [4.69, 9.17) is 10.2 Å². The molecule has 19 heavy (non-hydrogen) atoms. The fraction of sp³-hybridized carbons (Fsp3) is 0.400. The molecule has 0 fully saturated rings. The summed E-state index contributed by atoms with van der Waals surface area (Å²) in [5.41, 5.74) is 6.90. The Hall–Kier alpha value is -1.97. The molecule has 0 radical (unpaired) electrons. The standard InChI is InChI=1S/C15H20N2O2/c1-3-8-17(9-4-2)13-7-5-6-11-10-12(16)15(18)19-14(11)13/h5-7,10H,3-4,8-9,16H2,1-2H3. The molecule has 4 nitrogen and oxygen atoms in total. The summed E-state index contributed by atoms with van der Waals surface area (Å²) in [6.07, 6.45) is 2.10. The summed E-state index contributed by atoms with van der Waals surface area (Å²) in [6.45, 7) is 6.17. The van der Waals surface area contributed by atoms with E-state index in [9.17, 15) is 4.79 Å². The molecule has 0 bridgehead atoms. The minimum Gasteiger partial charge on any atom is -0.419 e. The molecule has 0 aliphatic heterocycles. The molecule has 1 aromatic carbocycles. The minimum absolute atomic E-state index is 0.155. The Morgan fingerprint density at radius 1 is 1.21 bits per heavy atom. The lowest BCUT2D eigenvalue weighted by atomic mass is 10.1. The number of hydrogen-bond acceptors (Lipinski definition) is 4. The first-order valence-corrected chi connectivity index (χ1v) is 6.74. The summed E-state index contributed by atoms with van der Waals surface area (Å²) in [4.78, 5) is 13.9. The molecule has 0 aliphatic rings. The van der Waals surface area contributed by atoms with E-state index in [1.165, 1.54) is 0 Å². The van der Waals surface area contributed by atoms with Gasteiger partial charge in [0.1, 0.15) is 5.69 Å². The molecular weight excluding hydrogens is 240 g/mol. The first kappa shape index (κ1) is 13.5. The highest BCUT2D eigenvalue weighted by Gasteiger charge is 2.12. The van der Waals surface area contributed by atoms with Crippen LogP contribution in [-0.2, 0) is 0 Å². The molecule has 1 aromatic heterocycles. The van der Waals surface area contributed by atoms with Crippen LogP contribution < -0.4 is 16.3 Å². The Balaban J connectivity index is 2.58. The van der Waals surface area contributed by atoms with Gasteiger partial charge in [-0.15, -0.1) is 0 Å². The number of nitrogens with two attached hydrogens (primary N) is 1. The van der Waals surface area contributed by atoms with E-state index in [-0.39, 0.29) is 5.69 Å². The van der Waals surface area contributed by atoms with Gasteiger partial charge in [0, 0.05) is 18.5 Å². The highest BCUT2D eigenvalue weighted by atomic mass is 16.4. The fourth-order valence-corrected chi connectivity index (χ4v) is 2.29. The summed E-state index contributed by atoms with van der Waals surface area (Å²) in [7, 11) is 0. The molecule has 1 heterocycles. The minimum atomic E-state index is -0.465. The summed E-state index contributed by atoms with van der Waals surface area (Å²) in [5.74, 6) is 0. The summed E-state index contributed by atoms with van der Waals surface area (Å²) >= 11 is 0. The normalized spacial score (nSPS) is 10.8. The monoisotopic (exact) mass is 260 g/mol. The third kappa shape index (κ3) is 2.72. The molecule has 0 saturated carbocycles. The molecule has 0 amide bonds. The Kier molecular flexibility index (Phi) is 4.10. The predicted octanol–water partition coefficient (Wildman–Crippen LogP) is 3.00. The van der Waals surface area contributed by atoms with Crippen LogP contribution in [0.5, 0.6) is 0 Å². The van der Waals surface area contributed by atoms with E-state index in [2.05, 4.69) is 18.7 Å². The second-order valence-electron chi connectivity index (χ2n) is 4.67. The SMILES string of the molecule is CCCN(CCC)c1cccc2cc(N)c(=O)oc12. The van der Waals surface area contributed by atoms with E-state index in [0.29, 0.717) is 5.58 Å². The van der Waals surface area contributed by atoms with Crippen molar-refractivity contribution in [1.29, 1.82) is 0 Å². The lowest BCUT2D eigenvalue weighted by molar-refractivity contribution is 0.562. The van der Waals surface area contributed by atoms with Crippen LogP contribution in [0.25, 0.3) is 11.0 Å². The van der Waals surface area contributed by atoms with Gasteiger partial charge in [-0.2, -0.15) is 0 Å². The smallest absolute Gasteiger partial charge is 0.359 e. The molecule has 2 rings (SSSR count). The average Bonchev–Trinajstić information content (AvgIpc) is 2.39. The number of fused-ring (bicyclic) bond motifs is 1. The van der Waals surface area contributed by atoms with E-state index in [0.717, 1.165) is 37.0 Å². The van der Waals surface area contributed by atoms with Crippen molar-refractivity contribution in [2.75, 3.05) is 23.7 Å². The van der Waals surface area contributed by atoms with Crippen molar-refractivity contribution in [3.8, 4) is 0 Å². The second-order valence-corrected chi connectivity index (χ2v) is 4.67. The van der Waals surface area contributed by atoms with Crippen molar-refractivity contribution < 1.29 is 4.42 Å². The van der Waals surface area contributed by atoms with Crippen LogP contribution in [0.15, 0.2) is 33.5 Å². The van der Waals surface area contributed by atoms with E-state index in [1.54, 1.807) is 6.07 Å². The lowest BCUT2D eigenvalue weighted by Crippen LogP contribution is -2.25. The maximum atomic E-state index is 11.6. The molecule has 0 spiro atoms. The molecule has 2 N–H and O–H groups in total. The molecule has 2 aromatic rings. The number of hydrogen-bond donors (Lipinski definition) is 1. The van der Waals surface area contributed by atoms with Crippen molar-refractivity contribution in [1.82, 2.24) is 0 Å². The van der Waals surface area contributed by atoms with Gasteiger partial charge < -0.3 is 15.1 Å². The number of nitrogens with zero attached hydrogens (tertiary/aromatic N) is 1.